The van der Waals surface area contributed by atoms with Crippen LogP contribution in [0.25, 0.3) is 0 Å². The van der Waals surface area contributed by atoms with E-state index in [4.69, 9.17) is 0 Å². The Balaban J connectivity index is 1.57. The van der Waals surface area contributed by atoms with E-state index in [2.05, 4.69) is 10.6 Å². The standard InChI is InChI=1S/C22H26F2N4O4S/c1-3-28(4-2)33(31,32)17-6-8-20-15(11-17)9-10-27(20)14-22(30)25-13-21(29)26-16-5-7-18(23)19(24)12-16/h5-8,11-12H,3-4,9-10,13-14H2,1-2H3,(H,25,30)(H,26,29). The van der Waals surface area contributed by atoms with Crippen molar-refractivity contribution in [3.05, 3.63) is 53.6 Å². The van der Waals surface area contributed by atoms with Crippen molar-refractivity contribution in [2.24, 2.45) is 0 Å². The molecule has 2 N–H and O–H groups in total. The van der Waals surface area contributed by atoms with Gasteiger partial charge in [-0.3, -0.25) is 9.59 Å². The molecule has 1 aliphatic rings. The summed E-state index contributed by atoms with van der Waals surface area (Å²) in [4.78, 5) is 26.3. The Hall–Kier alpha value is -3.05. The zero-order valence-corrected chi connectivity index (χ0v) is 19.2. The zero-order chi connectivity index (χ0) is 24.2. The molecule has 0 saturated heterocycles. The number of nitrogens with one attached hydrogen (secondary N) is 2. The zero-order valence-electron chi connectivity index (χ0n) is 18.4. The molecule has 0 aliphatic carbocycles. The lowest BCUT2D eigenvalue weighted by Crippen LogP contribution is -2.40. The quantitative estimate of drug-likeness (QED) is 0.573. The molecule has 2 aromatic carbocycles. The number of carbonyl (C=O) groups is 2. The summed E-state index contributed by atoms with van der Waals surface area (Å²) in [6, 6.07) is 7.85. The van der Waals surface area contributed by atoms with E-state index >= 15 is 0 Å². The van der Waals surface area contributed by atoms with Gasteiger partial charge in [0.1, 0.15) is 0 Å². The van der Waals surface area contributed by atoms with E-state index in [1.54, 1.807) is 26.0 Å². The van der Waals surface area contributed by atoms with Gasteiger partial charge in [-0.1, -0.05) is 13.8 Å². The van der Waals surface area contributed by atoms with Crippen molar-refractivity contribution in [3.63, 3.8) is 0 Å². The summed E-state index contributed by atoms with van der Waals surface area (Å²) >= 11 is 0. The molecular formula is C22H26F2N4O4S. The monoisotopic (exact) mass is 480 g/mol. The van der Waals surface area contributed by atoms with Gasteiger partial charge in [-0.25, -0.2) is 17.2 Å². The van der Waals surface area contributed by atoms with Crippen LogP contribution in [-0.4, -0.2) is 57.3 Å². The largest absolute Gasteiger partial charge is 0.362 e. The first-order valence-electron chi connectivity index (χ1n) is 10.5. The number of nitrogens with zero attached hydrogens (tertiary/aromatic N) is 2. The van der Waals surface area contributed by atoms with Crippen LogP contribution in [0.3, 0.4) is 0 Å². The second kappa shape index (κ2) is 10.3. The predicted molar refractivity (Wildman–Crippen MR) is 120 cm³/mol. The topological polar surface area (TPSA) is 98.8 Å². The maximum absolute atomic E-state index is 13.2. The number of fused-ring (bicyclic) bond motifs is 1. The van der Waals surface area contributed by atoms with Gasteiger partial charge >= 0.3 is 0 Å². The molecule has 1 heterocycles. The minimum atomic E-state index is -3.57. The Kier molecular flexibility index (Phi) is 7.65. The Morgan fingerprint density at radius 1 is 1.03 bits per heavy atom. The van der Waals surface area contributed by atoms with Gasteiger partial charge in [0.15, 0.2) is 11.6 Å². The Morgan fingerprint density at radius 3 is 2.42 bits per heavy atom. The minimum absolute atomic E-state index is 0.00635. The van der Waals surface area contributed by atoms with Gasteiger partial charge in [-0.05, 0) is 42.3 Å². The van der Waals surface area contributed by atoms with E-state index in [0.29, 0.717) is 26.1 Å². The molecule has 11 heteroatoms. The summed E-state index contributed by atoms with van der Waals surface area (Å²) in [6.07, 6.45) is 0.598. The second-order valence-corrected chi connectivity index (χ2v) is 9.44. The summed E-state index contributed by atoms with van der Waals surface area (Å²) in [6.45, 7) is 4.53. The molecule has 0 fully saturated rings. The highest BCUT2D eigenvalue weighted by Crippen LogP contribution is 2.30. The summed E-state index contributed by atoms with van der Waals surface area (Å²) in [5.74, 6) is -3.09. The number of hydrogen-bond donors (Lipinski definition) is 2. The van der Waals surface area contributed by atoms with Crippen LogP contribution in [-0.2, 0) is 26.0 Å². The fraction of sp³-hybridized carbons (Fsp3) is 0.364. The average molecular weight is 481 g/mol. The van der Waals surface area contributed by atoms with E-state index in [1.807, 2.05) is 4.90 Å². The Bertz CT molecular complexity index is 1150. The highest BCUT2D eigenvalue weighted by atomic mass is 32.2. The summed E-state index contributed by atoms with van der Waals surface area (Å²) < 4.78 is 53.0. The third-order valence-electron chi connectivity index (χ3n) is 5.37. The number of carbonyl (C=O) groups excluding carboxylic acids is 2. The lowest BCUT2D eigenvalue weighted by molar-refractivity contribution is -0.123. The molecule has 0 bridgehead atoms. The first-order valence-corrected chi connectivity index (χ1v) is 12.0. The molecule has 8 nitrogen and oxygen atoms in total. The number of anilines is 2. The number of rotatable bonds is 9. The van der Waals surface area contributed by atoms with Gasteiger partial charge in [0.2, 0.25) is 21.8 Å². The van der Waals surface area contributed by atoms with E-state index in [1.165, 1.54) is 16.4 Å². The smallest absolute Gasteiger partial charge is 0.243 e. The van der Waals surface area contributed by atoms with E-state index in [-0.39, 0.29) is 23.7 Å². The van der Waals surface area contributed by atoms with E-state index < -0.39 is 33.5 Å². The van der Waals surface area contributed by atoms with Crippen molar-refractivity contribution in [1.29, 1.82) is 0 Å². The van der Waals surface area contributed by atoms with Gasteiger partial charge in [-0.15, -0.1) is 0 Å². The molecule has 0 spiro atoms. The number of benzene rings is 2. The third-order valence-corrected chi connectivity index (χ3v) is 7.42. The second-order valence-electron chi connectivity index (χ2n) is 7.51. The van der Waals surface area contributed by atoms with Crippen LogP contribution in [0.2, 0.25) is 0 Å². The number of hydrogen-bond acceptors (Lipinski definition) is 5. The molecule has 2 amide bonds. The lowest BCUT2D eigenvalue weighted by atomic mass is 10.2. The Labute approximate surface area is 191 Å². The van der Waals surface area contributed by atoms with E-state index in [0.717, 1.165) is 23.4 Å². The SMILES string of the molecule is CCN(CC)S(=O)(=O)c1ccc2c(c1)CCN2CC(=O)NCC(=O)Nc1ccc(F)c(F)c1. The summed E-state index contributed by atoms with van der Waals surface area (Å²) in [5, 5.41) is 4.87. The van der Waals surface area contributed by atoms with Crippen molar-refractivity contribution in [2.75, 3.05) is 42.9 Å². The first-order chi connectivity index (χ1) is 15.6. The van der Waals surface area contributed by atoms with Crippen LogP contribution < -0.4 is 15.5 Å². The maximum Gasteiger partial charge on any atom is 0.243 e. The molecule has 3 rings (SSSR count). The highest BCUT2D eigenvalue weighted by Gasteiger charge is 2.26. The van der Waals surface area contributed by atoms with Crippen molar-refractivity contribution >= 4 is 33.2 Å². The first kappa shape index (κ1) is 24.6. The molecule has 0 aromatic heterocycles. The van der Waals surface area contributed by atoms with Crippen molar-refractivity contribution in [1.82, 2.24) is 9.62 Å². The normalized spacial score (nSPS) is 13.2. The van der Waals surface area contributed by atoms with Crippen LogP contribution in [0.15, 0.2) is 41.3 Å². The van der Waals surface area contributed by atoms with Gasteiger partial charge in [0.05, 0.1) is 18.0 Å². The van der Waals surface area contributed by atoms with Gasteiger partial charge < -0.3 is 15.5 Å². The summed E-state index contributed by atoms with van der Waals surface area (Å²) in [7, 11) is -3.57. The highest BCUT2D eigenvalue weighted by molar-refractivity contribution is 7.89. The minimum Gasteiger partial charge on any atom is -0.362 e. The average Bonchev–Trinajstić information content (AvgIpc) is 3.17. The molecule has 178 valence electrons. The van der Waals surface area contributed by atoms with Crippen LogP contribution in [0.4, 0.5) is 20.2 Å². The van der Waals surface area contributed by atoms with Crippen LogP contribution in [0.5, 0.6) is 0 Å². The van der Waals surface area contributed by atoms with Crippen molar-refractivity contribution in [3.8, 4) is 0 Å². The van der Waals surface area contributed by atoms with Gasteiger partial charge in [0.25, 0.3) is 0 Å². The predicted octanol–water partition coefficient (Wildman–Crippen LogP) is 2.11. The number of amides is 2. The fourth-order valence-corrected chi connectivity index (χ4v) is 5.18. The molecule has 0 saturated carbocycles. The van der Waals surface area contributed by atoms with Gasteiger partial charge in [0, 0.05) is 37.1 Å². The summed E-state index contributed by atoms with van der Waals surface area (Å²) in [5.41, 5.74) is 1.69. The van der Waals surface area contributed by atoms with Crippen molar-refractivity contribution in [2.45, 2.75) is 25.2 Å². The van der Waals surface area contributed by atoms with E-state index in [9.17, 15) is 26.8 Å². The maximum atomic E-state index is 13.2. The molecule has 0 radical (unpaired) electrons. The fourth-order valence-electron chi connectivity index (χ4n) is 3.67. The van der Waals surface area contributed by atoms with Crippen LogP contribution in [0, 0.1) is 11.6 Å². The third kappa shape index (κ3) is 5.66. The van der Waals surface area contributed by atoms with Crippen LogP contribution in [0.1, 0.15) is 19.4 Å². The molecule has 0 unspecified atom stereocenters. The molecule has 0 atom stereocenters. The Morgan fingerprint density at radius 2 is 1.76 bits per heavy atom. The lowest BCUT2D eigenvalue weighted by Gasteiger charge is -2.21. The molecule has 33 heavy (non-hydrogen) atoms. The number of sulfonamides is 1. The molecule has 1 aliphatic heterocycles. The van der Waals surface area contributed by atoms with Gasteiger partial charge in [-0.2, -0.15) is 4.31 Å². The number of halogens is 2. The van der Waals surface area contributed by atoms with Crippen molar-refractivity contribution < 1.29 is 26.8 Å². The molecular weight excluding hydrogens is 454 g/mol. The van der Waals surface area contributed by atoms with Crippen LogP contribution >= 0.6 is 0 Å². The molecule has 2 aromatic rings.